The minimum atomic E-state index is -1.44. The maximum Gasteiger partial charge on any atom is 0.234 e. The van der Waals surface area contributed by atoms with Crippen LogP contribution in [0.4, 0.5) is 10.1 Å². The molecule has 3 unspecified atom stereocenters. The van der Waals surface area contributed by atoms with Crippen molar-refractivity contribution >= 4 is 28.5 Å². The lowest BCUT2D eigenvalue weighted by molar-refractivity contribution is -0.130. The Morgan fingerprint density at radius 2 is 1.73 bits per heavy atom. The van der Waals surface area contributed by atoms with E-state index in [1.807, 2.05) is 63.2 Å². The monoisotopic (exact) mass is 565 g/mol. The minimum Gasteiger partial charge on any atom is -0.484 e. The highest BCUT2D eigenvalue weighted by Crippen LogP contribution is 2.53. The zero-order valence-electron chi connectivity index (χ0n) is 23.7. The van der Waals surface area contributed by atoms with Crippen molar-refractivity contribution in [1.29, 1.82) is 0 Å². The van der Waals surface area contributed by atoms with Gasteiger partial charge in [0.2, 0.25) is 11.8 Å². The van der Waals surface area contributed by atoms with Crippen LogP contribution in [0.15, 0.2) is 66.7 Å². The van der Waals surface area contributed by atoms with Gasteiger partial charge < -0.3 is 15.0 Å². The predicted octanol–water partition coefficient (Wildman–Crippen LogP) is 4.99. The summed E-state index contributed by atoms with van der Waals surface area (Å²) in [6.07, 6.45) is 0.892. The first-order valence-corrected chi connectivity index (χ1v) is 14.8. The topological polar surface area (TPSA) is 79.0 Å². The molecule has 1 aliphatic rings. The van der Waals surface area contributed by atoms with Crippen LogP contribution in [-0.4, -0.2) is 53.4 Å². The molecule has 9 heteroatoms. The van der Waals surface area contributed by atoms with Crippen LogP contribution in [0.5, 0.6) is 5.75 Å². The number of rotatable bonds is 9. The van der Waals surface area contributed by atoms with Gasteiger partial charge in [-0.1, -0.05) is 42.5 Å². The first-order valence-electron chi connectivity index (χ1n) is 13.3. The van der Waals surface area contributed by atoms with Crippen molar-refractivity contribution in [3.63, 3.8) is 0 Å². The average Bonchev–Trinajstić information content (AvgIpc) is 3.22. The number of carbonyl (C=O) groups is 2. The Kier molecular flexibility index (Phi) is 8.63. The molecule has 3 atom stereocenters. The lowest BCUT2D eigenvalue weighted by Crippen LogP contribution is -2.43. The molecule has 0 saturated carbocycles. The summed E-state index contributed by atoms with van der Waals surface area (Å²) < 4.78 is 35.2. The average molecular weight is 566 g/mol. The van der Waals surface area contributed by atoms with E-state index in [0.29, 0.717) is 35.7 Å². The van der Waals surface area contributed by atoms with Crippen LogP contribution in [0.3, 0.4) is 0 Å². The highest BCUT2D eigenvalue weighted by atomic mass is 32.2. The number of ether oxygens (including phenoxy) is 1. The molecule has 2 amide bonds. The number of nitrogens with zero attached hydrogens (tertiary/aromatic N) is 2. The number of halogens is 1. The van der Waals surface area contributed by atoms with Crippen molar-refractivity contribution in [1.82, 2.24) is 10.2 Å². The molecule has 0 aliphatic carbocycles. The first kappa shape index (κ1) is 29.3. The van der Waals surface area contributed by atoms with Crippen LogP contribution < -0.4 is 14.4 Å². The molecule has 212 valence electrons. The van der Waals surface area contributed by atoms with E-state index in [0.717, 1.165) is 11.1 Å². The number of fused-ring (bicyclic) bond motifs is 1. The standard InChI is InChI=1S/C31H36FN3O4S/c1-20(2)34(21(3)36)16-17-35(40(6)38)27-19-28-26(18-25(27)22-10-8-7-9-11-22)31(4,30(37)33-5)29(39-28)23-12-14-24(32)15-13-23/h7-15,18-20,29H,16-17H2,1-6H3,(H,33,37). The van der Waals surface area contributed by atoms with E-state index < -0.39 is 22.5 Å². The van der Waals surface area contributed by atoms with Crippen molar-refractivity contribution in [2.75, 3.05) is 30.7 Å². The Morgan fingerprint density at radius 1 is 1.07 bits per heavy atom. The highest BCUT2D eigenvalue weighted by Gasteiger charge is 2.52. The van der Waals surface area contributed by atoms with Crippen LogP contribution in [0.1, 0.15) is 44.9 Å². The zero-order valence-corrected chi connectivity index (χ0v) is 24.5. The molecule has 1 N–H and O–H groups in total. The van der Waals surface area contributed by atoms with Crippen molar-refractivity contribution in [2.45, 2.75) is 45.3 Å². The van der Waals surface area contributed by atoms with Gasteiger partial charge in [-0.3, -0.25) is 13.9 Å². The van der Waals surface area contributed by atoms with Gasteiger partial charge in [0.25, 0.3) is 0 Å². The van der Waals surface area contributed by atoms with E-state index in [1.165, 1.54) is 19.1 Å². The Bertz CT molecular complexity index is 1410. The summed E-state index contributed by atoms with van der Waals surface area (Å²) in [5, 5.41) is 2.78. The largest absolute Gasteiger partial charge is 0.484 e. The molecule has 0 fully saturated rings. The summed E-state index contributed by atoms with van der Waals surface area (Å²) in [6, 6.07) is 19.4. The van der Waals surface area contributed by atoms with E-state index in [4.69, 9.17) is 4.74 Å². The summed E-state index contributed by atoms with van der Waals surface area (Å²) >= 11 is 0. The Hall–Kier alpha value is -3.72. The molecule has 3 aromatic carbocycles. The molecule has 1 heterocycles. The minimum absolute atomic E-state index is 0.00804. The molecule has 0 radical (unpaired) electrons. The molecular weight excluding hydrogens is 529 g/mol. The van der Waals surface area contributed by atoms with Crippen LogP contribution in [0.25, 0.3) is 11.1 Å². The number of amides is 2. The van der Waals surface area contributed by atoms with Gasteiger partial charge >= 0.3 is 0 Å². The molecule has 7 nitrogen and oxygen atoms in total. The lowest BCUT2D eigenvalue weighted by Gasteiger charge is -2.31. The van der Waals surface area contributed by atoms with E-state index in [1.54, 1.807) is 34.6 Å². The molecule has 3 aromatic rings. The smallest absolute Gasteiger partial charge is 0.234 e. The zero-order chi connectivity index (χ0) is 29.2. The summed E-state index contributed by atoms with van der Waals surface area (Å²) in [7, 11) is 0.145. The Labute approximate surface area is 237 Å². The van der Waals surface area contributed by atoms with Crippen LogP contribution >= 0.6 is 0 Å². The summed E-state index contributed by atoms with van der Waals surface area (Å²) in [5.41, 5.74) is 2.55. The predicted molar refractivity (Wildman–Crippen MR) is 157 cm³/mol. The van der Waals surface area contributed by atoms with Crippen molar-refractivity contribution < 1.29 is 22.9 Å². The lowest BCUT2D eigenvalue weighted by atomic mass is 9.75. The second kappa shape index (κ2) is 11.8. The van der Waals surface area contributed by atoms with Gasteiger partial charge in [-0.2, -0.15) is 0 Å². The fourth-order valence-electron chi connectivity index (χ4n) is 5.42. The summed E-state index contributed by atoms with van der Waals surface area (Å²) in [6.45, 7) is 7.95. The van der Waals surface area contributed by atoms with Crippen LogP contribution in [0.2, 0.25) is 0 Å². The Morgan fingerprint density at radius 3 is 2.27 bits per heavy atom. The van der Waals surface area contributed by atoms with E-state index in [9.17, 15) is 18.2 Å². The number of nitrogens with one attached hydrogen (secondary N) is 1. The fourth-order valence-corrected chi connectivity index (χ4v) is 6.19. The van der Waals surface area contributed by atoms with Crippen molar-refractivity contribution in [3.8, 4) is 16.9 Å². The van der Waals surface area contributed by atoms with Gasteiger partial charge in [-0.25, -0.2) is 8.60 Å². The number of anilines is 1. The number of carbonyl (C=O) groups excluding carboxylic acids is 2. The molecule has 0 spiro atoms. The van der Waals surface area contributed by atoms with E-state index in [-0.39, 0.29) is 23.7 Å². The molecule has 0 bridgehead atoms. The number of benzene rings is 3. The molecular formula is C31H36FN3O4S. The molecule has 1 aliphatic heterocycles. The van der Waals surface area contributed by atoms with Gasteiger partial charge in [0, 0.05) is 56.6 Å². The maximum absolute atomic E-state index is 13.8. The molecule has 40 heavy (non-hydrogen) atoms. The number of hydrogen-bond acceptors (Lipinski definition) is 4. The first-order chi connectivity index (χ1) is 19.0. The normalized spacial score (nSPS) is 18.6. The summed E-state index contributed by atoms with van der Waals surface area (Å²) in [4.78, 5) is 27.5. The fraction of sp³-hybridized carbons (Fsp3) is 0.355. The Balaban J connectivity index is 1.90. The third-order valence-corrected chi connectivity index (χ3v) is 8.53. The number of hydrogen-bond donors (Lipinski definition) is 1. The van der Waals surface area contributed by atoms with Gasteiger partial charge in [-0.15, -0.1) is 0 Å². The quantitative estimate of drug-likeness (QED) is 0.397. The molecule has 0 saturated heterocycles. The van der Waals surface area contributed by atoms with Gasteiger partial charge in [0.15, 0.2) is 0 Å². The summed E-state index contributed by atoms with van der Waals surface area (Å²) in [5.74, 6) is -0.187. The second-order valence-electron chi connectivity index (χ2n) is 10.4. The number of likely N-dealkylation sites (N-methyl/N-ethyl adjacent to an activating group) is 1. The van der Waals surface area contributed by atoms with Gasteiger partial charge in [0.05, 0.1) is 5.69 Å². The van der Waals surface area contributed by atoms with Crippen LogP contribution in [0, 0.1) is 5.82 Å². The third-order valence-electron chi connectivity index (χ3n) is 7.53. The maximum atomic E-state index is 13.8. The van der Waals surface area contributed by atoms with E-state index in [2.05, 4.69) is 5.32 Å². The second-order valence-corrected chi connectivity index (χ2v) is 11.7. The SMILES string of the molecule is CNC(=O)C1(C)c2cc(-c3ccccc3)c(N(CCN(C(C)=O)C(C)C)S(C)=O)cc2OC1c1ccc(F)cc1. The highest BCUT2D eigenvalue weighted by molar-refractivity contribution is 7.85. The van der Waals surface area contributed by atoms with Gasteiger partial charge in [-0.05, 0) is 50.1 Å². The van der Waals surface area contributed by atoms with Crippen LogP contribution in [-0.2, 0) is 26.0 Å². The third kappa shape index (κ3) is 5.47. The van der Waals surface area contributed by atoms with Gasteiger partial charge in [0.1, 0.15) is 34.1 Å². The molecule has 4 rings (SSSR count). The van der Waals surface area contributed by atoms with Crippen molar-refractivity contribution in [2.24, 2.45) is 0 Å². The van der Waals surface area contributed by atoms with E-state index >= 15 is 0 Å². The molecule has 0 aromatic heterocycles. The van der Waals surface area contributed by atoms with Crippen molar-refractivity contribution in [3.05, 3.63) is 83.7 Å².